The van der Waals surface area contributed by atoms with Gasteiger partial charge in [0.25, 0.3) is 0 Å². The van der Waals surface area contributed by atoms with Crippen molar-refractivity contribution in [2.45, 2.75) is 45.1 Å². The molecule has 0 aliphatic carbocycles. The van der Waals surface area contributed by atoms with Crippen molar-refractivity contribution in [3.05, 3.63) is 35.4 Å². The molecule has 1 aliphatic heterocycles. The highest BCUT2D eigenvalue weighted by molar-refractivity contribution is 5.74. The van der Waals surface area contributed by atoms with Crippen molar-refractivity contribution in [1.29, 1.82) is 0 Å². The number of carboxylic acid groups (broad SMARTS) is 1. The Morgan fingerprint density at radius 2 is 1.88 bits per heavy atom. The Bertz CT molecular complexity index is 588. The number of nitrogens with one attached hydrogen (secondary N) is 1. The third kappa shape index (κ3) is 6.33. The van der Waals surface area contributed by atoms with E-state index in [4.69, 9.17) is 5.11 Å². The number of likely N-dealkylation sites (tertiary alicyclic amines) is 1. The van der Waals surface area contributed by atoms with Crippen LogP contribution in [0.15, 0.2) is 24.3 Å². The van der Waals surface area contributed by atoms with E-state index in [0.717, 1.165) is 38.6 Å². The highest BCUT2D eigenvalue weighted by Gasteiger charge is 2.23. The lowest BCUT2D eigenvalue weighted by Gasteiger charge is -2.25. The first-order valence-electron chi connectivity index (χ1n) is 9.52. The minimum absolute atomic E-state index is 0.0169. The molecule has 0 aromatic heterocycles. The fourth-order valence-corrected chi connectivity index (χ4v) is 3.43. The molecule has 2 rings (SSSR count). The summed E-state index contributed by atoms with van der Waals surface area (Å²) in [5, 5.41) is 11.9. The summed E-state index contributed by atoms with van der Waals surface area (Å²) in [6.07, 6.45) is 4.51. The summed E-state index contributed by atoms with van der Waals surface area (Å²) < 4.78 is 0. The van der Waals surface area contributed by atoms with E-state index in [1.807, 2.05) is 16.8 Å². The van der Waals surface area contributed by atoms with E-state index < -0.39 is 5.97 Å². The van der Waals surface area contributed by atoms with Crippen LogP contribution in [-0.4, -0.2) is 66.2 Å². The molecular weight excluding hydrogens is 330 g/mol. The molecule has 1 aromatic carbocycles. The molecule has 1 saturated heterocycles. The Balaban J connectivity index is 1.74. The third-order valence-electron chi connectivity index (χ3n) is 5.11. The van der Waals surface area contributed by atoms with Gasteiger partial charge in [-0.15, -0.1) is 0 Å². The zero-order valence-corrected chi connectivity index (χ0v) is 15.9. The maximum atomic E-state index is 12.4. The maximum absolute atomic E-state index is 12.4. The molecule has 2 N–H and O–H groups in total. The fraction of sp³-hybridized carbons (Fsp3) is 0.600. The number of carbonyl (C=O) groups excluding carboxylic acids is 1. The van der Waals surface area contributed by atoms with Gasteiger partial charge in [-0.25, -0.2) is 4.79 Å². The Morgan fingerprint density at radius 3 is 2.54 bits per heavy atom. The third-order valence-corrected chi connectivity index (χ3v) is 5.11. The van der Waals surface area contributed by atoms with E-state index in [2.05, 4.69) is 36.5 Å². The molecule has 2 amide bonds. The molecule has 6 nitrogen and oxygen atoms in total. The minimum atomic E-state index is -0.807. The summed E-state index contributed by atoms with van der Waals surface area (Å²) in [5.41, 5.74) is 2.55. The number of carboxylic acids is 1. The molecule has 144 valence electrons. The lowest BCUT2D eigenvalue weighted by molar-refractivity contribution is -0.138. The van der Waals surface area contributed by atoms with Crippen molar-refractivity contribution in [2.24, 2.45) is 0 Å². The number of aryl methyl sites for hydroxylation is 1. The molecular formula is C20H31N3O3. The molecule has 1 atom stereocenters. The monoisotopic (exact) mass is 361 g/mol. The molecule has 26 heavy (non-hydrogen) atoms. The van der Waals surface area contributed by atoms with Gasteiger partial charge in [0, 0.05) is 25.7 Å². The van der Waals surface area contributed by atoms with Gasteiger partial charge in [0.2, 0.25) is 0 Å². The van der Waals surface area contributed by atoms with Crippen molar-refractivity contribution in [3.8, 4) is 0 Å². The highest BCUT2D eigenvalue weighted by Crippen LogP contribution is 2.16. The van der Waals surface area contributed by atoms with Gasteiger partial charge in [-0.1, -0.05) is 31.2 Å². The molecule has 0 radical (unpaired) electrons. The summed E-state index contributed by atoms with van der Waals surface area (Å²) in [4.78, 5) is 27.0. The molecule has 0 saturated carbocycles. The number of likely N-dealkylation sites (N-methyl/N-ethyl adjacent to an activating group) is 1. The van der Waals surface area contributed by atoms with E-state index in [-0.39, 0.29) is 18.6 Å². The first-order valence-corrected chi connectivity index (χ1v) is 9.52. The SMILES string of the molecule is CCc1ccc(CCNC(=O)N2CCCC(N(C)CC(=O)O)CC2)cc1. The van der Waals surface area contributed by atoms with Crippen LogP contribution in [0.2, 0.25) is 0 Å². The molecule has 6 heteroatoms. The van der Waals surface area contributed by atoms with Crippen LogP contribution in [0.4, 0.5) is 4.79 Å². The summed E-state index contributed by atoms with van der Waals surface area (Å²) >= 11 is 0. The Hall–Kier alpha value is -2.08. The van der Waals surface area contributed by atoms with Crippen LogP contribution >= 0.6 is 0 Å². The van der Waals surface area contributed by atoms with Crippen molar-refractivity contribution in [3.63, 3.8) is 0 Å². The lowest BCUT2D eigenvalue weighted by atomic mass is 10.1. The van der Waals surface area contributed by atoms with Crippen molar-refractivity contribution >= 4 is 12.0 Å². The van der Waals surface area contributed by atoms with Crippen molar-refractivity contribution in [1.82, 2.24) is 15.1 Å². The Labute approximate surface area is 156 Å². The minimum Gasteiger partial charge on any atom is -0.480 e. The standard InChI is InChI=1S/C20H31N3O3/c1-3-16-6-8-17(9-7-16)10-12-21-20(26)23-13-4-5-18(11-14-23)22(2)15-19(24)25/h6-9,18H,3-5,10-15H2,1-2H3,(H,21,26)(H,24,25). The number of nitrogens with zero attached hydrogens (tertiary/aromatic N) is 2. The van der Waals surface area contributed by atoms with Gasteiger partial charge in [0.1, 0.15) is 0 Å². The van der Waals surface area contributed by atoms with Crippen LogP contribution in [-0.2, 0) is 17.6 Å². The zero-order chi connectivity index (χ0) is 18.9. The molecule has 0 bridgehead atoms. The number of amides is 2. The Kier molecular flexibility index (Phi) is 7.91. The molecule has 1 aromatic rings. The van der Waals surface area contributed by atoms with Crippen LogP contribution in [0.3, 0.4) is 0 Å². The van der Waals surface area contributed by atoms with Gasteiger partial charge in [0.15, 0.2) is 0 Å². The van der Waals surface area contributed by atoms with Crippen LogP contribution in [0.5, 0.6) is 0 Å². The largest absolute Gasteiger partial charge is 0.480 e. The predicted octanol–water partition coefficient (Wildman–Crippen LogP) is 2.37. The first kappa shape index (κ1) is 20.2. The maximum Gasteiger partial charge on any atom is 0.317 e. The van der Waals surface area contributed by atoms with Gasteiger partial charge >= 0.3 is 12.0 Å². The number of hydrogen-bond acceptors (Lipinski definition) is 3. The predicted molar refractivity (Wildman–Crippen MR) is 102 cm³/mol. The van der Waals surface area contributed by atoms with Crippen LogP contribution in [0.1, 0.15) is 37.3 Å². The number of urea groups is 1. The van der Waals surface area contributed by atoms with E-state index in [0.29, 0.717) is 13.1 Å². The van der Waals surface area contributed by atoms with Gasteiger partial charge in [-0.05, 0) is 50.3 Å². The number of benzene rings is 1. The molecule has 1 aliphatic rings. The summed E-state index contributed by atoms with van der Waals surface area (Å²) in [6.45, 7) is 4.22. The molecule has 1 heterocycles. The second-order valence-electron chi connectivity index (χ2n) is 7.03. The lowest BCUT2D eigenvalue weighted by Crippen LogP contribution is -2.42. The smallest absolute Gasteiger partial charge is 0.317 e. The van der Waals surface area contributed by atoms with Crippen LogP contribution < -0.4 is 5.32 Å². The number of rotatable bonds is 7. The second kappa shape index (κ2) is 10.2. The Morgan fingerprint density at radius 1 is 1.19 bits per heavy atom. The number of aliphatic carboxylic acids is 1. The number of hydrogen-bond donors (Lipinski definition) is 2. The summed E-state index contributed by atoms with van der Waals surface area (Å²) in [5.74, 6) is -0.807. The van der Waals surface area contributed by atoms with Gasteiger partial charge < -0.3 is 15.3 Å². The fourth-order valence-electron chi connectivity index (χ4n) is 3.43. The summed E-state index contributed by atoms with van der Waals surface area (Å²) in [7, 11) is 1.85. The van der Waals surface area contributed by atoms with E-state index >= 15 is 0 Å². The molecule has 1 unspecified atom stereocenters. The van der Waals surface area contributed by atoms with Gasteiger partial charge in [-0.2, -0.15) is 0 Å². The quantitative estimate of drug-likeness (QED) is 0.782. The molecule has 0 spiro atoms. The second-order valence-corrected chi connectivity index (χ2v) is 7.03. The summed E-state index contributed by atoms with van der Waals surface area (Å²) in [6, 6.07) is 8.73. The number of carbonyl (C=O) groups is 2. The van der Waals surface area contributed by atoms with Crippen LogP contribution in [0, 0.1) is 0 Å². The topological polar surface area (TPSA) is 72.9 Å². The van der Waals surface area contributed by atoms with E-state index in [1.54, 1.807) is 0 Å². The van der Waals surface area contributed by atoms with Gasteiger partial charge in [-0.3, -0.25) is 9.69 Å². The highest BCUT2D eigenvalue weighted by atomic mass is 16.4. The van der Waals surface area contributed by atoms with Crippen LogP contribution in [0.25, 0.3) is 0 Å². The van der Waals surface area contributed by atoms with Gasteiger partial charge in [0.05, 0.1) is 6.54 Å². The van der Waals surface area contributed by atoms with Crippen molar-refractivity contribution < 1.29 is 14.7 Å². The average Bonchev–Trinajstić information content (AvgIpc) is 2.88. The average molecular weight is 361 g/mol. The normalized spacial score (nSPS) is 17.8. The van der Waals surface area contributed by atoms with E-state index in [1.165, 1.54) is 11.1 Å². The van der Waals surface area contributed by atoms with Crippen molar-refractivity contribution in [2.75, 3.05) is 33.2 Å². The van der Waals surface area contributed by atoms with E-state index in [9.17, 15) is 9.59 Å². The molecule has 1 fully saturated rings. The first-order chi connectivity index (χ1) is 12.5. The zero-order valence-electron chi connectivity index (χ0n) is 15.9.